The Labute approximate surface area is 107 Å². The van der Waals surface area contributed by atoms with Crippen LogP contribution < -0.4 is 5.32 Å². The summed E-state index contributed by atoms with van der Waals surface area (Å²) in [6.07, 6.45) is 3.67. The van der Waals surface area contributed by atoms with Crippen molar-refractivity contribution in [3.05, 3.63) is 34.6 Å². The molecule has 3 heteroatoms. The Kier molecular flexibility index (Phi) is 3.74. The predicted octanol–water partition coefficient (Wildman–Crippen LogP) is 4.15. The van der Waals surface area contributed by atoms with Crippen LogP contribution in [-0.4, -0.2) is 6.04 Å². The van der Waals surface area contributed by atoms with Crippen molar-refractivity contribution in [2.75, 3.05) is 0 Å². The standard InChI is InChI=1S/C14H19ClFN/c1-14(2)6-5-11(8-14)17-9-10-3-4-12(15)13(16)7-10/h3-4,7,11,17H,5-6,8-9H2,1-2H3. The van der Waals surface area contributed by atoms with E-state index in [9.17, 15) is 4.39 Å². The lowest BCUT2D eigenvalue weighted by Gasteiger charge is -2.18. The van der Waals surface area contributed by atoms with Gasteiger partial charge in [0.15, 0.2) is 0 Å². The average molecular weight is 256 g/mol. The monoisotopic (exact) mass is 255 g/mol. The quantitative estimate of drug-likeness (QED) is 0.856. The molecule has 1 N–H and O–H groups in total. The second-order valence-electron chi connectivity index (χ2n) is 5.73. The summed E-state index contributed by atoms with van der Waals surface area (Å²) in [7, 11) is 0. The number of hydrogen-bond acceptors (Lipinski definition) is 1. The summed E-state index contributed by atoms with van der Waals surface area (Å²) >= 11 is 5.65. The molecule has 1 aliphatic rings. The molecule has 1 saturated carbocycles. The van der Waals surface area contributed by atoms with Crippen LogP contribution in [0.15, 0.2) is 18.2 Å². The molecule has 0 spiro atoms. The van der Waals surface area contributed by atoms with Gasteiger partial charge in [0.25, 0.3) is 0 Å². The van der Waals surface area contributed by atoms with Gasteiger partial charge < -0.3 is 5.32 Å². The molecule has 1 nitrogen and oxygen atoms in total. The number of hydrogen-bond donors (Lipinski definition) is 1. The van der Waals surface area contributed by atoms with Gasteiger partial charge in [-0.05, 0) is 42.4 Å². The largest absolute Gasteiger partial charge is 0.310 e. The molecule has 0 aliphatic heterocycles. The Morgan fingerprint density at radius 3 is 2.82 bits per heavy atom. The third-order valence-corrected chi connectivity index (χ3v) is 3.85. The highest BCUT2D eigenvalue weighted by atomic mass is 35.5. The summed E-state index contributed by atoms with van der Waals surface area (Å²) in [6, 6.07) is 5.56. The maximum atomic E-state index is 13.2. The van der Waals surface area contributed by atoms with Crippen LogP contribution in [0.2, 0.25) is 5.02 Å². The molecule has 1 aliphatic carbocycles. The van der Waals surface area contributed by atoms with Crippen LogP contribution in [0.3, 0.4) is 0 Å². The zero-order valence-electron chi connectivity index (χ0n) is 10.4. The van der Waals surface area contributed by atoms with E-state index in [1.54, 1.807) is 6.07 Å². The third-order valence-electron chi connectivity index (χ3n) is 3.55. The summed E-state index contributed by atoms with van der Waals surface area (Å²) in [4.78, 5) is 0. The summed E-state index contributed by atoms with van der Waals surface area (Å²) < 4.78 is 13.2. The molecule has 0 heterocycles. The molecular formula is C14H19ClFN. The Balaban J connectivity index is 1.88. The van der Waals surface area contributed by atoms with Crippen LogP contribution in [-0.2, 0) is 6.54 Å². The lowest BCUT2D eigenvalue weighted by atomic mass is 9.92. The van der Waals surface area contributed by atoms with E-state index in [4.69, 9.17) is 11.6 Å². The highest BCUT2D eigenvalue weighted by Crippen LogP contribution is 2.36. The molecule has 0 radical (unpaired) electrons. The summed E-state index contributed by atoms with van der Waals surface area (Å²) in [6.45, 7) is 5.32. The number of halogens is 2. The molecule has 0 saturated heterocycles. The lowest BCUT2D eigenvalue weighted by molar-refractivity contribution is 0.364. The minimum Gasteiger partial charge on any atom is -0.310 e. The second-order valence-corrected chi connectivity index (χ2v) is 6.14. The first-order chi connectivity index (χ1) is 7.96. The molecule has 1 unspecified atom stereocenters. The summed E-state index contributed by atoms with van der Waals surface area (Å²) in [5, 5.41) is 3.68. The fraction of sp³-hybridized carbons (Fsp3) is 0.571. The van der Waals surface area contributed by atoms with Gasteiger partial charge in [-0.3, -0.25) is 0 Å². The summed E-state index contributed by atoms with van der Waals surface area (Å²) in [5.41, 5.74) is 1.40. The Morgan fingerprint density at radius 2 is 2.24 bits per heavy atom. The maximum Gasteiger partial charge on any atom is 0.142 e. The highest BCUT2D eigenvalue weighted by Gasteiger charge is 2.30. The fourth-order valence-corrected chi connectivity index (χ4v) is 2.64. The molecule has 1 atom stereocenters. The normalized spacial score (nSPS) is 22.9. The molecule has 0 aromatic heterocycles. The van der Waals surface area contributed by atoms with Crippen molar-refractivity contribution >= 4 is 11.6 Å². The van der Waals surface area contributed by atoms with E-state index < -0.39 is 0 Å². The van der Waals surface area contributed by atoms with E-state index in [0.717, 1.165) is 12.1 Å². The van der Waals surface area contributed by atoms with E-state index in [0.29, 0.717) is 11.5 Å². The minimum atomic E-state index is -0.335. The zero-order valence-corrected chi connectivity index (χ0v) is 11.1. The molecular weight excluding hydrogens is 237 g/mol. The number of benzene rings is 1. The first-order valence-corrected chi connectivity index (χ1v) is 6.51. The Bertz CT molecular complexity index is 403. The third kappa shape index (κ3) is 3.43. The van der Waals surface area contributed by atoms with Crippen LogP contribution in [0, 0.1) is 11.2 Å². The number of nitrogens with one attached hydrogen (secondary N) is 1. The molecule has 94 valence electrons. The van der Waals surface area contributed by atoms with Gasteiger partial charge in [0.05, 0.1) is 5.02 Å². The Morgan fingerprint density at radius 1 is 1.47 bits per heavy atom. The van der Waals surface area contributed by atoms with Crippen LogP contribution in [0.1, 0.15) is 38.7 Å². The Hall–Kier alpha value is -0.600. The van der Waals surface area contributed by atoms with Gasteiger partial charge in [-0.2, -0.15) is 0 Å². The smallest absolute Gasteiger partial charge is 0.142 e. The van der Waals surface area contributed by atoms with Crippen LogP contribution in [0.25, 0.3) is 0 Å². The van der Waals surface area contributed by atoms with Crippen molar-refractivity contribution in [1.82, 2.24) is 5.32 Å². The molecule has 1 aromatic rings. The molecule has 0 amide bonds. The van der Waals surface area contributed by atoms with E-state index in [-0.39, 0.29) is 10.8 Å². The van der Waals surface area contributed by atoms with E-state index in [2.05, 4.69) is 19.2 Å². The molecule has 1 fully saturated rings. The van der Waals surface area contributed by atoms with E-state index >= 15 is 0 Å². The van der Waals surface area contributed by atoms with E-state index in [1.807, 2.05) is 6.07 Å². The predicted molar refractivity (Wildman–Crippen MR) is 69.7 cm³/mol. The van der Waals surface area contributed by atoms with Gasteiger partial charge >= 0.3 is 0 Å². The first kappa shape index (κ1) is 12.8. The van der Waals surface area contributed by atoms with Crippen molar-refractivity contribution in [2.24, 2.45) is 5.41 Å². The average Bonchev–Trinajstić information content (AvgIpc) is 2.60. The van der Waals surface area contributed by atoms with Gasteiger partial charge in [0.2, 0.25) is 0 Å². The van der Waals surface area contributed by atoms with Crippen LogP contribution in [0.4, 0.5) is 4.39 Å². The van der Waals surface area contributed by atoms with Crippen molar-refractivity contribution in [3.63, 3.8) is 0 Å². The minimum absolute atomic E-state index is 0.191. The van der Waals surface area contributed by atoms with Crippen molar-refractivity contribution < 1.29 is 4.39 Å². The second kappa shape index (κ2) is 4.95. The zero-order chi connectivity index (χ0) is 12.5. The highest BCUT2D eigenvalue weighted by molar-refractivity contribution is 6.30. The molecule has 1 aromatic carbocycles. The molecule has 0 bridgehead atoms. The van der Waals surface area contributed by atoms with Crippen LogP contribution >= 0.6 is 11.6 Å². The van der Waals surface area contributed by atoms with Gasteiger partial charge in [-0.25, -0.2) is 4.39 Å². The molecule has 17 heavy (non-hydrogen) atoms. The van der Waals surface area contributed by atoms with Crippen molar-refractivity contribution in [3.8, 4) is 0 Å². The first-order valence-electron chi connectivity index (χ1n) is 6.14. The van der Waals surface area contributed by atoms with Crippen LogP contribution in [0.5, 0.6) is 0 Å². The van der Waals surface area contributed by atoms with Gasteiger partial charge in [-0.15, -0.1) is 0 Å². The maximum absolute atomic E-state index is 13.2. The van der Waals surface area contributed by atoms with Crippen molar-refractivity contribution in [1.29, 1.82) is 0 Å². The van der Waals surface area contributed by atoms with Crippen molar-refractivity contribution in [2.45, 2.75) is 45.7 Å². The van der Waals surface area contributed by atoms with Gasteiger partial charge in [-0.1, -0.05) is 31.5 Å². The molecule has 2 rings (SSSR count). The van der Waals surface area contributed by atoms with Gasteiger partial charge in [0.1, 0.15) is 5.82 Å². The topological polar surface area (TPSA) is 12.0 Å². The number of rotatable bonds is 3. The lowest BCUT2D eigenvalue weighted by Crippen LogP contribution is -2.26. The van der Waals surface area contributed by atoms with Gasteiger partial charge in [0, 0.05) is 12.6 Å². The SMILES string of the molecule is CC1(C)CCC(NCc2ccc(Cl)c(F)c2)C1. The fourth-order valence-electron chi connectivity index (χ4n) is 2.52. The summed E-state index contributed by atoms with van der Waals surface area (Å²) in [5.74, 6) is -0.335. The van der Waals surface area contributed by atoms with E-state index in [1.165, 1.54) is 25.3 Å².